The van der Waals surface area contributed by atoms with Crippen molar-refractivity contribution in [2.75, 3.05) is 6.54 Å². The molecule has 1 aliphatic heterocycles. The Morgan fingerprint density at radius 2 is 1.71 bits per heavy atom. The highest BCUT2D eigenvalue weighted by Crippen LogP contribution is 2.52. The van der Waals surface area contributed by atoms with Crippen molar-refractivity contribution in [2.24, 2.45) is 0 Å². The number of carbonyl (C=O) groups is 1. The number of aliphatic hydroxyl groups excluding tert-OH is 1. The Bertz CT molecular complexity index is 1690. The van der Waals surface area contributed by atoms with Crippen LogP contribution in [0, 0.1) is 0 Å². The molecule has 1 aromatic heterocycles. The molecule has 1 saturated carbocycles. The van der Waals surface area contributed by atoms with E-state index in [2.05, 4.69) is 4.98 Å². The van der Waals surface area contributed by atoms with Crippen molar-refractivity contribution in [3.63, 3.8) is 0 Å². The lowest BCUT2D eigenvalue weighted by Gasteiger charge is -2.24. The summed E-state index contributed by atoms with van der Waals surface area (Å²) in [6, 6.07) is 22.6. The van der Waals surface area contributed by atoms with E-state index in [9.17, 15) is 27.9 Å². The lowest BCUT2D eigenvalue weighted by atomic mass is 9.94. The van der Waals surface area contributed by atoms with Crippen molar-refractivity contribution in [2.45, 2.75) is 54.2 Å². The van der Waals surface area contributed by atoms with Crippen molar-refractivity contribution in [1.29, 1.82) is 0 Å². The zero-order valence-electron chi connectivity index (χ0n) is 22.5. The van der Waals surface area contributed by atoms with Gasteiger partial charge in [0.25, 0.3) is 11.5 Å². The first kappa shape index (κ1) is 28.2. The van der Waals surface area contributed by atoms with Gasteiger partial charge in [0, 0.05) is 11.4 Å². The molecular formula is C32H28F3N3O3S. The quantitative estimate of drug-likeness (QED) is 0.263. The van der Waals surface area contributed by atoms with Crippen LogP contribution in [0.3, 0.4) is 0 Å². The predicted octanol–water partition coefficient (Wildman–Crippen LogP) is 6.14. The molecule has 0 radical (unpaired) electrons. The van der Waals surface area contributed by atoms with E-state index < -0.39 is 17.5 Å². The largest absolute Gasteiger partial charge is 0.446 e. The number of aromatic amines is 1. The Morgan fingerprint density at radius 3 is 2.43 bits per heavy atom. The highest BCUT2D eigenvalue weighted by atomic mass is 32.2. The van der Waals surface area contributed by atoms with Crippen LogP contribution in [0.15, 0.2) is 88.6 Å². The molecule has 6 rings (SSSR count). The van der Waals surface area contributed by atoms with Crippen LogP contribution < -0.4 is 5.56 Å². The van der Waals surface area contributed by atoms with Gasteiger partial charge in [-0.2, -0.15) is 13.2 Å². The first-order valence-corrected chi connectivity index (χ1v) is 14.6. The second-order valence-corrected chi connectivity index (χ2v) is 11.9. The number of fused-ring (bicyclic) bond motifs is 1. The fraction of sp³-hybridized carbons (Fsp3) is 0.281. The number of aryl methyl sites for hydroxylation is 1. The molecule has 42 heavy (non-hydrogen) atoms. The number of thioether (sulfide) groups is 1. The normalized spacial score (nSPS) is 16.8. The summed E-state index contributed by atoms with van der Waals surface area (Å²) in [6.45, 7) is 0.379. The zero-order valence-corrected chi connectivity index (χ0v) is 23.3. The summed E-state index contributed by atoms with van der Waals surface area (Å²) in [5.41, 5.74) is -1.32. The number of carbonyl (C=O) groups excluding carboxylic acids is 1. The van der Waals surface area contributed by atoms with Crippen molar-refractivity contribution in [3.05, 3.63) is 117 Å². The molecule has 0 saturated heterocycles. The second-order valence-electron chi connectivity index (χ2n) is 10.8. The fourth-order valence-corrected chi connectivity index (χ4v) is 6.26. The van der Waals surface area contributed by atoms with Crippen molar-refractivity contribution >= 4 is 17.7 Å². The summed E-state index contributed by atoms with van der Waals surface area (Å²) in [4.78, 5) is 36.2. The molecule has 6 nitrogen and oxygen atoms in total. The standard InChI is InChI=1S/C32H28F3N3O3S/c33-32(34,35)42-24-12-5-8-21(18-24)20-7-4-9-22(17-20)27(39)29(41)38-16-6-13-26-25(19-38)28(40)37-30(36-26)31(14-15-31)23-10-2-1-3-11-23/h1-5,7-12,17-18,27,39H,6,13-16,19H2,(H,36,37,40)/t27-/m1/s1. The summed E-state index contributed by atoms with van der Waals surface area (Å²) < 4.78 is 38.6. The van der Waals surface area contributed by atoms with Gasteiger partial charge >= 0.3 is 5.51 Å². The Hall–Kier alpha value is -3.89. The molecular weight excluding hydrogens is 563 g/mol. The highest BCUT2D eigenvalue weighted by Gasteiger charge is 2.48. The minimum atomic E-state index is -4.41. The van der Waals surface area contributed by atoms with Crippen LogP contribution in [-0.4, -0.2) is 37.9 Å². The smallest absolute Gasteiger partial charge is 0.378 e. The van der Waals surface area contributed by atoms with E-state index in [4.69, 9.17) is 4.98 Å². The van der Waals surface area contributed by atoms with Gasteiger partial charge in [0.1, 0.15) is 5.82 Å². The summed E-state index contributed by atoms with van der Waals surface area (Å²) in [6.07, 6.45) is 1.43. The maximum atomic E-state index is 13.5. The number of amides is 1. The van der Waals surface area contributed by atoms with Gasteiger partial charge in [-0.25, -0.2) is 4.98 Å². The molecule has 4 aromatic rings. The van der Waals surface area contributed by atoms with Crippen LogP contribution in [0.2, 0.25) is 0 Å². The molecule has 2 N–H and O–H groups in total. The molecule has 2 aliphatic rings. The average molecular weight is 592 g/mol. The van der Waals surface area contributed by atoms with E-state index in [1.807, 2.05) is 30.3 Å². The maximum Gasteiger partial charge on any atom is 0.446 e. The van der Waals surface area contributed by atoms with Crippen LogP contribution in [0.4, 0.5) is 13.2 Å². The Labute approximate surface area is 244 Å². The topological polar surface area (TPSA) is 86.3 Å². The van der Waals surface area contributed by atoms with E-state index in [1.165, 1.54) is 23.1 Å². The summed E-state index contributed by atoms with van der Waals surface area (Å²) in [5.74, 6) is 0.111. The van der Waals surface area contributed by atoms with Crippen molar-refractivity contribution < 1.29 is 23.1 Å². The maximum absolute atomic E-state index is 13.5. The van der Waals surface area contributed by atoms with Crippen LogP contribution in [-0.2, 0) is 23.2 Å². The van der Waals surface area contributed by atoms with Crippen LogP contribution in [0.5, 0.6) is 0 Å². The third kappa shape index (κ3) is 5.73. The first-order valence-electron chi connectivity index (χ1n) is 13.7. The molecule has 1 amide bonds. The number of benzene rings is 3. The zero-order chi connectivity index (χ0) is 29.5. The van der Waals surface area contributed by atoms with E-state index >= 15 is 0 Å². The first-order chi connectivity index (χ1) is 20.1. The fourth-order valence-electron chi connectivity index (χ4n) is 5.66. The number of aliphatic hydroxyl groups is 1. The Morgan fingerprint density at radius 1 is 1.00 bits per heavy atom. The van der Waals surface area contributed by atoms with Gasteiger partial charge in [-0.05, 0) is 77.9 Å². The van der Waals surface area contributed by atoms with Crippen LogP contribution in [0.25, 0.3) is 11.1 Å². The molecule has 1 fully saturated rings. The van der Waals surface area contributed by atoms with Crippen LogP contribution in [0.1, 0.15) is 53.6 Å². The Balaban J connectivity index is 1.22. The number of alkyl halides is 3. The second kappa shape index (κ2) is 11.1. The van der Waals surface area contributed by atoms with E-state index in [0.29, 0.717) is 53.2 Å². The predicted molar refractivity (Wildman–Crippen MR) is 154 cm³/mol. The molecule has 0 bridgehead atoms. The number of hydrogen-bond donors (Lipinski definition) is 2. The lowest BCUT2D eigenvalue weighted by Crippen LogP contribution is -2.36. The molecule has 3 aromatic carbocycles. The van der Waals surface area contributed by atoms with Crippen LogP contribution >= 0.6 is 11.8 Å². The Kier molecular flexibility index (Phi) is 7.44. The number of nitrogens with one attached hydrogen (secondary N) is 1. The van der Waals surface area contributed by atoms with E-state index in [0.717, 1.165) is 18.4 Å². The number of halogens is 3. The molecule has 216 valence electrons. The molecule has 1 aliphatic carbocycles. The molecule has 2 heterocycles. The number of nitrogens with zero attached hydrogens (tertiary/aromatic N) is 2. The van der Waals surface area contributed by atoms with E-state index in [1.54, 1.807) is 30.3 Å². The lowest BCUT2D eigenvalue weighted by molar-refractivity contribution is -0.141. The number of hydrogen-bond acceptors (Lipinski definition) is 5. The number of H-pyrrole nitrogens is 1. The van der Waals surface area contributed by atoms with Gasteiger partial charge < -0.3 is 15.0 Å². The minimum Gasteiger partial charge on any atom is -0.378 e. The van der Waals surface area contributed by atoms with Gasteiger partial charge in [0.2, 0.25) is 0 Å². The molecule has 10 heteroatoms. The van der Waals surface area contributed by atoms with Gasteiger partial charge in [0.15, 0.2) is 6.10 Å². The molecule has 1 atom stereocenters. The third-order valence-corrected chi connectivity index (χ3v) is 8.69. The van der Waals surface area contributed by atoms with Gasteiger partial charge in [-0.3, -0.25) is 9.59 Å². The third-order valence-electron chi connectivity index (χ3n) is 7.97. The van der Waals surface area contributed by atoms with Gasteiger partial charge in [0.05, 0.1) is 23.2 Å². The van der Waals surface area contributed by atoms with Crippen molar-refractivity contribution in [3.8, 4) is 11.1 Å². The van der Waals surface area contributed by atoms with Gasteiger partial charge in [-0.15, -0.1) is 0 Å². The molecule has 0 spiro atoms. The number of rotatable bonds is 6. The molecule has 0 unspecified atom stereocenters. The summed E-state index contributed by atoms with van der Waals surface area (Å²) in [5, 5.41) is 11.1. The van der Waals surface area contributed by atoms with Crippen molar-refractivity contribution in [1.82, 2.24) is 14.9 Å². The van der Waals surface area contributed by atoms with E-state index in [-0.39, 0.29) is 34.2 Å². The summed E-state index contributed by atoms with van der Waals surface area (Å²) in [7, 11) is 0. The highest BCUT2D eigenvalue weighted by molar-refractivity contribution is 8.00. The SMILES string of the molecule is O=C([C@H](O)c1cccc(-c2cccc(SC(F)(F)F)c2)c1)N1CCCc2nc(C3(c4ccccc4)CC3)[nH]c(=O)c2C1. The minimum absolute atomic E-state index is 0.0303. The number of aromatic nitrogens is 2. The van der Waals surface area contributed by atoms with Gasteiger partial charge in [-0.1, -0.05) is 60.7 Å². The summed E-state index contributed by atoms with van der Waals surface area (Å²) >= 11 is -0.198. The average Bonchev–Trinajstić information content (AvgIpc) is 3.81. The monoisotopic (exact) mass is 591 g/mol.